The summed E-state index contributed by atoms with van der Waals surface area (Å²) >= 11 is 0. The molecule has 0 aliphatic carbocycles. The molecule has 1 aromatic carbocycles. The molecule has 1 aromatic rings. The van der Waals surface area contributed by atoms with Crippen LogP contribution in [0.25, 0.3) is 0 Å². The van der Waals surface area contributed by atoms with Crippen molar-refractivity contribution in [1.82, 2.24) is 5.32 Å². The molecular formula is C13H22Cl2N4. The van der Waals surface area contributed by atoms with Gasteiger partial charge in [-0.3, -0.25) is 4.99 Å². The van der Waals surface area contributed by atoms with Gasteiger partial charge < -0.3 is 16.4 Å². The highest BCUT2D eigenvalue weighted by atomic mass is 35.5. The Hall–Kier alpha value is -1.13. The molecule has 6 heteroatoms. The first-order valence-electron chi connectivity index (χ1n) is 6.21. The Labute approximate surface area is 127 Å². The van der Waals surface area contributed by atoms with Gasteiger partial charge in [0, 0.05) is 17.9 Å². The first-order valence-corrected chi connectivity index (χ1v) is 6.21. The fraction of sp³-hybridized carbons (Fsp3) is 0.462. The van der Waals surface area contributed by atoms with Crippen LogP contribution in [0.15, 0.2) is 17.1 Å². The van der Waals surface area contributed by atoms with Crippen molar-refractivity contribution < 1.29 is 0 Å². The number of rotatable bonds is 3. The molecule has 0 amide bonds. The Balaban J connectivity index is 0.00000162. The van der Waals surface area contributed by atoms with Crippen LogP contribution in [-0.2, 0) is 12.8 Å². The second kappa shape index (κ2) is 8.12. The van der Waals surface area contributed by atoms with E-state index in [1.54, 1.807) is 0 Å². The van der Waals surface area contributed by atoms with Gasteiger partial charge in [0.1, 0.15) is 0 Å². The van der Waals surface area contributed by atoms with Crippen molar-refractivity contribution in [3.05, 3.63) is 23.3 Å². The molecule has 2 rings (SSSR count). The normalized spacial score (nSPS) is 12.8. The maximum absolute atomic E-state index is 6.11. The van der Waals surface area contributed by atoms with Crippen LogP contribution >= 0.6 is 24.8 Å². The molecule has 0 radical (unpaired) electrons. The molecule has 0 fully saturated rings. The van der Waals surface area contributed by atoms with Crippen LogP contribution in [0.2, 0.25) is 0 Å². The minimum absolute atomic E-state index is 0. The van der Waals surface area contributed by atoms with E-state index in [1.165, 1.54) is 11.1 Å². The van der Waals surface area contributed by atoms with Gasteiger partial charge in [0.25, 0.3) is 0 Å². The first-order chi connectivity index (χ1) is 8.24. The van der Waals surface area contributed by atoms with Crippen LogP contribution < -0.4 is 16.4 Å². The molecule has 1 aliphatic rings. The summed E-state index contributed by atoms with van der Waals surface area (Å²) in [5, 5.41) is 6.50. The van der Waals surface area contributed by atoms with E-state index in [0.717, 1.165) is 43.3 Å². The topological polar surface area (TPSA) is 62.4 Å². The molecule has 0 atom stereocenters. The van der Waals surface area contributed by atoms with Crippen molar-refractivity contribution >= 4 is 42.1 Å². The average molecular weight is 305 g/mol. The smallest absolute Gasteiger partial charge is 0.195 e. The van der Waals surface area contributed by atoms with Gasteiger partial charge in [-0.1, -0.05) is 13.8 Å². The Morgan fingerprint density at radius 1 is 1.21 bits per heavy atom. The number of nitrogens with one attached hydrogen (secondary N) is 2. The lowest BCUT2D eigenvalue weighted by atomic mass is 10.0. The highest BCUT2D eigenvalue weighted by molar-refractivity contribution is 5.95. The minimum atomic E-state index is 0. The van der Waals surface area contributed by atoms with Crippen LogP contribution in [0.5, 0.6) is 0 Å². The van der Waals surface area contributed by atoms with E-state index in [9.17, 15) is 0 Å². The number of aryl methyl sites for hydroxylation is 2. The molecule has 4 nitrogen and oxygen atoms in total. The van der Waals surface area contributed by atoms with E-state index < -0.39 is 0 Å². The molecule has 0 spiro atoms. The third-order valence-corrected chi connectivity index (χ3v) is 3.05. The summed E-state index contributed by atoms with van der Waals surface area (Å²) in [7, 11) is 0. The highest BCUT2D eigenvalue weighted by Gasteiger charge is 2.09. The number of aliphatic imine (C=N–C) groups is 1. The number of nitrogens with zero attached hydrogens (tertiary/aromatic N) is 1. The fourth-order valence-corrected chi connectivity index (χ4v) is 2.05. The van der Waals surface area contributed by atoms with E-state index in [1.807, 2.05) is 0 Å². The SMILES string of the molecule is CCc1cc(NC2=NCCN2)cc(CC)c1N.Cl.Cl. The zero-order valence-corrected chi connectivity index (χ0v) is 13.0. The molecule has 1 heterocycles. The Morgan fingerprint density at radius 2 is 1.79 bits per heavy atom. The van der Waals surface area contributed by atoms with E-state index in [2.05, 4.69) is 41.6 Å². The first kappa shape index (κ1) is 17.9. The third-order valence-electron chi connectivity index (χ3n) is 3.05. The fourth-order valence-electron chi connectivity index (χ4n) is 2.05. The maximum Gasteiger partial charge on any atom is 0.195 e. The van der Waals surface area contributed by atoms with Gasteiger partial charge in [0.2, 0.25) is 0 Å². The zero-order chi connectivity index (χ0) is 12.3. The second-order valence-electron chi connectivity index (χ2n) is 4.20. The van der Waals surface area contributed by atoms with E-state index in [4.69, 9.17) is 5.73 Å². The maximum atomic E-state index is 6.11. The van der Waals surface area contributed by atoms with Crippen molar-refractivity contribution in [2.24, 2.45) is 4.99 Å². The molecule has 0 bridgehead atoms. The van der Waals surface area contributed by atoms with Gasteiger partial charge in [-0.2, -0.15) is 0 Å². The van der Waals surface area contributed by atoms with E-state index in [0.29, 0.717) is 0 Å². The molecule has 1 aliphatic heterocycles. The van der Waals surface area contributed by atoms with E-state index >= 15 is 0 Å². The molecular weight excluding hydrogens is 283 g/mol. The number of nitrogens with two attached hydrogens (primary N) is 1. The second-order valence-corrected chi connectivity index (χ2v) is 4.20. The Morgan fingerprint density at radius 3 is 2.21 bits per heavy atom. The summed E-state index contributed by atoms with van der Waals surface area (Å²) in [6, 6.07) is 4.22. The van der Waals surface area contributed by atoms with Crippen molar-refractivity contribution in [3.8, 4) is 0 Å². The molecule has 0 unspecified atom stereocenters. The van der Waals surface area contributed by atoms with Crippen LogP contribution in [0, 0.1) is 0 Å². The number of halogens is 2. The summed E-state index contributed by atoms with van der Waals surface area (Å²) in [5.74, 6) is 0.860. The molecule has 0 saturated carbocycles. The van der Waals surface area contributed by atoms with Crippen LogP contribution in [0.3, 0.4) is 0 Å². The Kier molecular flexibility index (Phi) is 7.64. The van der Waals surface area contributed by atoms with Gasteiger partial charge >= 0.3 is 0 Å². The zero-order valence-electron chi connectivity index (χ0n) is 11.3. The molecule has 0 aromatic heterocycles. The predicted molar refractivity (Wildman–Crippen MR) is 88.0 cm³/mol. The largest absolute Gasteiger partial charge is 0.398 e. The van der Waals surface area contributed by atoms with Crippen LogP contribution in [-0.4, -0.2) is 19.0 Å². The minimum Gasteiger partial charge on any atom is -0.398 e. The van der Waals surface area contributed by atoms with Gasteiger partial charge in [-0.25, -0.2) is 0 Å². The number of benzene rings is 1. The lowest BCUT2D eigenvalue weighted by Gasteiger charge is -2.13. The monoisotopic (exact) mass is 304 g/mol. The number of nitrogen functional groups attached to an aromatic ring is 1. The van der Waals surface area contributed by atoms with Gasteiger partial charge in [0.15, 0.2) is 5.96 Å². The summed E-state index contributed by atoms with van der Waals surface area (Å²) in [4.78, 5) is 4.33. The highest BCUT2D eigenvalue weighted by Crippen LogP contribution is 2.24. The summed E-state index contributed by atoms with van der Waals surface area (Å²) < 4.78 is 0. The van der Waals surface area contributed by atoms with Crippen LogP contribution in [0.4, 0.5) is 11.4 Å². The van der Waals surface area contributed by atoms with Gasteiger partial charge in [-0.05, 0) is 36.1 Å². The van der Waals surface area contributed by atoms with Crippen molar-refractivity contribution in [3.63, 3.8) is 0 Å². The number of guanidine groups is 1. The van der Waals surface area contributed by atoms with Gasteiger partial charge in [0.05, 0.1) is 6.54 Å². The lowest BCUT2D eigenvalue weighted by molar-refractivity contribution is 0.959. The third kappa shape index (κ3) is 4.18. The standard InChI is InChI=1S/C13H20N4.2ClH/c1-3-9-7-11(8-10(4-2)12(9)14)17-13-15-5-6-16-13;;/h7-8H,3-6,14H2,1-2H3,(H2,15,16,17);2*1H. The summed E-state index contributed by atoms with van der Waals surface area (Å²) in [5.41, 5.74) is 10.5. The quantitative estimate of drug-likeness (QED) is 0.752. The van der Waals surface area contributed by atoms with Crippen molar-refractivity contribution in [1.29, 1.82) is 0 Å². The lowest BCUT2D eigenvalue weighted by Crippen LogP contribution is -2.26. The average Bonchev–Trinajstić information content (AvgIpc) is 2.84. The molecule has 19 heavy (non-hydrogen) atoms. The summed E-state index contributed by atoms with van der Waals surface area (Å²) in [6.45, 7) is 6.01. The summed E-state index contributed by atoms with van der Waals surface area (Å²) in [6.07, 6.45) is 1.91. The number of anilines is 2. The van der Waals surface area contributed by atoms with Crippen LogP contribution in [0.1, 0.15) is 25.0 Å². The number of hydrogen-bond donors (Lipinski definition) is 3. The van der Waals surface area contributed by atoms with Crippen molar-refractivity contribution in [2.75, 3.05) is 24.1 Å². The van der Waals surface area contributed by atoms with Gasteiger partial charge in [-0.15, -0.1) is 24.8 Å². The molecule has 108 valence electrons. The number of hydrogen-bond acceptors (Lipinski definition) is 4. The molecule has 0 saturated heterocycles. The van der Waals surface area contributed by atoms with E-state index in [-0.39, 0.29) is 24.8 Å². The predicted octanol–water partition coefficient (Wildman–Crippen LogP) is 2.61. The van der Waals surface area contributed by atoms with Crippen molar-refractivity contribution in [2.45, 2.75) is 26.7 Å². The Bertz CT molecular complexity index is 421. The molecule has 4 N–H and O–H groups in total.